The summed E-state index contributed by atoms with van der Waals surface area (Å²) >= 11 is 1.43. The van der Waals surface area contributed by atoms with E-state index in [1.165, 1.54) is 35.6 Å². The molecule has 1 atom stereocenters. The fourth-order valence-electron chi connectivity index (χ4n) is 4.10. The number of hydrazone groups is 1. The van der Waals surface area contributed by atoms with Crippen molar-refractivity contribution >= 4 is 27.9 Å². The normalized spacial score (nSPS) is 15.0. The van der Waals surface area contributed by atoms with Crippen LogP contribution < -0.4 is 14.5 Å². The molecule has 2 heterocycles. The Labute approximate surface area is 210 Å². The first-order valence-corrected chi connectivity index (χ1v) is 11.9. The number of nitro groups is 1. The third kappa shape index (κ3) is 4.50. The van der Waals surface area contributed by atoms with E-state index in [1.807, 2.05) is 23.6 Å². The smallest absolute Gasteiger partial charge is 0.270 e. The molecule has 0 bridgehead atoms. The first kappa shape index (κ1) is 23.4. The molecular weight excluding hydrogens is 483 g/mol. The third-order valence-electron chi connectivity index (χ3n) is 5.92. The molecule has 1 aliphatic rings. The Morgan fingerprint density at radius 2 is 1.81 bits per heavy atom. The van der Waals surface area contributed by atoms with Gasteiger partial charge in [-0.3, -0.25) is 10.1 Å². The number of anilines is 1. The van der Waals surface area contributed by atoms with Crippen LogP contribution in [0.1, 0.15) is 23.6 Å². The predicted octanol–water partition coefficient (Wildman–Crippen LogP) is 6.23. The number of nitrogens with zero attached hydrogens (tertiary/aromatic N) is 4. The van der Waals surface area contributed by atoms with Crippen molar-refractivity contribution < 1.29 is 18.8 Å². The van der Waals surface area contributed by atoms with Crippen molar-refractivity contribution in [2.45, 2.75) is 12.5 Å². The summed E-state index contributed by atoms with van der Waals surface area (Å²) in [5.74, 6) is 0.896. The van der Waals surface area contributed by atoms with Gasteiger partial charge in [0.25, 0.3) is 5.69 Å². The van der Waals surface area contributed by atoms with Gasteiger partial charge in [-0.05, 0) is 35.9 Å². The molecule has 10 heteroatoms. The van der Waals surface area contributed by atoms with E-state index in [0.29, 0.717) is 34.3 Å². The summed E-state index contributed by atoms with van der Waals surface area (Å²) in [7, 11) is 3.16. The molecule has 36 heavy (non-hydrogen) atoms. The number of aromatic nitrogens is 1. The molecule has 0 N–H and O–H groups in total. The number of non-ortho nitro benzene ring substituents is 1. The lowest BCUT2D eigenvalue weighted by atomic mass is 9.98. The van der Waals surface area contributed by atoms with Crippen molar-refractivity contribution in [1.29, 1.82) is 0 Å². The molecule has 0 radical (unpaired) electrons. The van der Waals surface area contributed by atoms with Crippen LogP contribution in [-0.4, -0.2) is 29.8 Å². The largest absolute Gasteiger partial charge is 0.493 e. The fourth-order valence-corrected chi connectivity index (χ4v) is 4.94. The lowest BCUT2D eigenvalue weighted by Crippen LogP contribution is -2.18. The van der Waals surface area contributed by atoms with Crippen LogP contribution >= 0.6 is 11.3 Å². The number of hydrogen-bond donors (Lipinski definition) is 0. The van der Waals surface area contributed by atoms with Crippen LogP contribution in [0.5, 0.6) is 11.5 Å². The summed E-state index contributed by atoms with van der Waals surface area (Å²) in [5, 5.41) is 20.5. The Morgan fingerprint density at radius 1 is 1.03 bits per heavy atom. The highest BCUT2D eigenvalue weighted by molar-refractivity contribution is 7.14. The molecule has 0 saturated carbocycles. The van der Waals surface area contributed by atoms with Gasteiger partial charge in [0.2, 0.25) is 5.13 Å². The van der Waals surface area contributed by atoms with E-state index in [4.69, 9.17) is 19.6 Å². The van der Waals surface area contributed by atoms with Gasteiger partial charge >= 0.3 is 0 Å². The van der Waals surface area contributed by atoms with Crippen LogP contribution in [0.15, 0.2) is 77.2 Å². The third-order valence-corrected chi connectivity index (χ3v) is 6.75. The number of hydrogen-bond acceptors (Lipinski definition) is 8. The zero-order chi connectivity index (χ0) is 25.2. The van der Waals surface area contributed by atoms with E-state index in [1.54, 1.807) is 43.5 Å². The molecule has 0 unspecified atom stereocenters. The number of thiazole rings is 1. The van der Waals surface area contributed by atoms with Gasteiger partial charge in [-0.25, -0.2) is 14.4 Å². The monoisotopic (exact) mass is 504 g/mol. The summed E-state index contributed by atoms with van der Waals surface area (Å²) < 4.78 is 24.4. The van der Waals surface area contributed by atoms with Crippen LogP contribution in [-0.2, 0) is 0 Å². The zero-order valence-electron chi connectivity index (χ0n) is 19.4. The topological polar surface area (TPSA) is 90.1 Å². The minimum absolute atomic E-state index is 0.00281. The minimum Gasteiger partial charge on any atom is -0.493 e. The molecule has 5 rings (SSSR count). The molecule has 1 aliphatic heterocycles. The molecule has 0 fully saturated rings. The van der Waals surface area contributed by atoms with Crippen LogP contribution in [0.25, 0.3) is 11.3 Å². The van der Waals surface area contributed by atoms with Gasteiger partial charge in [-0.1, -0.05) is 24.3 Å². The van der Waals surface area contributed by atoms with E-state index in [9.17, 15) is 14.5 Å². The number of methoxy groups -OCH3 is 2. The van der Waals surface area contributed by atoms with E-state index >= 15 is 0 Å². The highest BCUT2D eigenvalue weighted by Gasteiger charge is 2.32. The lowest BCUT2D eigenvalue weighted by Gasteiger charge is -2.21. The Kier molecular flexibility index (Phi) is 6.34. The van der Waals surface area contributed by atoms with Crippen molar-refractivity contribution in [3.05, 3.63) is 99.2 Å². The number of ether oxygens (including phenoxy) is 2. The maximum atomic E-state index is 13.6. The summed E-state index contributed by atoms with van der Waals surface area (Å²) in [6.45, 7) is 0. The van der Waals surface area contributed by atoms with Crippen molar-refractivity contribution in [2.24, 2.45) is 5.10 Å². The van der Waals surface area contributed by atoms with Gasteiger partial charge in [-0.15, -0.1) is 11.3 Å². The van der Waals surface area contributed by atoms with Gasteiger partial charge in [0.05, 0.1) is 36.6 Å². The Bertz CT molecular complexity index is 1450. The SMILES string of the molecule is COc1ccc(-c2csc(N3N=C(c4cccc([N+](=O)[O-])c4)C[C@@H]3c3ccc(F)cc3)n2)cc1OC. The lowest BCUT2D eigenvalue weighted by molar-refractivity contribution is -0.384. The second-order valence-electron chi connectivity index (χ2n) is 8.06. The van der Waals surface area contributed by atoms with Gasteiger partial charge < -0.3 is 9.47 Å². The molecule has 0 spiro atoms. The van der Waals surface area contributed by atoms with Gasteiger partial charge in [0.15, 0.2) is 11.5 Å². The van der Waals surface area contributed by atoms with Crippen LogP contribution in [0.4, 0.5) is 15.2 Å². The molecular formula is C26H21FN4O4S. The Balaban J connectivity index is 1.53. The Morgan fingerprint density at radius 3 is 2.53 bits per heavy atom. The number of benzene rings is 3. The maximum Gasteiger partial charge on any atom is 0.270 e. The van der Waals surface area contributed by atoms with E-state index in [-0.39, 0.29) is 17.5 Å². The quantitative estimate of drug-likeness (QED) is 0.219. The molecule has 8 nitrogen and oxygen atoms in total. The van der Waals surface area contributed by atoms with Crippen LogP contribution in [0.3, 0.4) is 0 Å². The molecule has 182 valence electrons. The average molecular weight is 505 g/mol. The highest BCUT2D eigenvalue weighted by Crippen LogP contribution is 2.40. The van der Waals surface area contributed by atoms with Gasteiger partial charge in [-0.2, -0.15) is 5.10 Å². The second kappa shape index (κ2) is 9.74. The highest BCUT2D eigenvalue weighted by atomic mass is 32.1. The van der Waals surface area contributed by atoms with E-state index in [0.717, 1.165) is 16.8 Å². The van der Waals surface area contributed by atoms with Crippen molar-refractivity contribution in [2.75, 3.05) is 19.2 Å². The van der Waals surface area contributed by atoms with Crippen LogP contribution in [0.2, 0.25) is 0 Å². The molecule has 4 aromatic rings. The fraction of sp³-hybridized carbons (Fsp3) is 0.154. The van der Waals surface area contributed by atoms with E-state index in [2.05, 4.69) is 0 Å². The second-order valence-corrected chi connectivity index (χ2v) is 8.89. The summed E-state index contributed by atoms with van der Waals surface area (Å²) in [6.07, 6.45) is 0.484. The summed E-state index contributed by atoms with van der Waals surface area (Å²) in [4.78, 5) is 15.7. The average Bonchev–Trinajstić information content (AvgIpc) is 3.57. The standard InChI is InChI=1S/C26H21FN4O4S/c1-34-24-11-8-18(13-25(24)35-2)22-15-36-26(28-22)30-23(16-6-9-19(27)10-7-16)14-21(29-30)17-4-3-5-20(12-17)31(32)33/h3-13,15,23H,14H2,1-2H3/t23-/m1/s1. The summed E-state index contributed by atoms with van der Waals surface area (Å²) in [5.41, 5.74) is 3.81. The minimum atomic E-state index is -0.426. The molecule has 0 aliphatic carbocycles. The molecule has 0 amide bonds. The molecule has 1 aromatic heterocycles. The van der Waals surface area contributed by atoms with E-state index < -0.39 is 4.92 Å². The number of halogens is 1. The zero-order valence-corrected chi connectivity index (χ0v) is 20.2. The maximum absolute atomic E-state index is 13.6. The van der Waals surface area contributed by atoms with Crippen LogP contribution in [0, 0.1) is 15.9 Å². The van der Waals surface area contributed by atoms with Crippen molar-refractivity contribution in [3.63, 3.8) is 0 Å². The van der Waals surface area contributed by atoms with Crippen molar-refractivity contribution in [1.82, 2.24) is 4.98 Å². The van der Waals surface area contributed by atoms with Gasteiger partial charge in [0, 0.05) is 35.1 Å². The predicted molar refractivity (Wildman–Crippen MR) is 137 cm³/mol. The summed E-state index contributed by atoms with van der Waals surface area (Å²) in [6, 6.07) is 18.0. The first-order chi connectivity index (χ1) is 17.5. The molecule has 0 saturated heterocycles. The molecule has 3 aromatic carbocycles. The van der Waals surface area contributed by atoms with Crippen molar-refractivity contribution in [3.8, 4) is 22.8 Å². The number of rotatable bonds is 7. The first-order valence-electron chi connectivity index (χ1n) is 11.0. The number of nitro benzene ring substituents is 1. The van der Waals surface area contributed by atoms with Gasteiger partial charge in [0.1, 0.15) is 5.82 Å². The Hall–Kier alpha value is -4.31.